The number of sulfonamides is 1. The maximum absolute atomic E-state index is 13.4. The van der Waals surface area contributed by atoms with Crippen LogP contribution >= 0.6 is 0 Å². The van der Waals surface area contributed by atoms with Gasteiger partial charge in [0.05, 0.1) is 29.8 Å². The number of furan rings is 1. The van der Waals surface area contributed by atoms with E-state index in [1.165, 1.54) is 23.3 Å². The molecule has 3 aromatic rings. The summed E-state index contributed by atoms with van der Waals surface area (Å²) in [7, 11) is -4.10. The van der Waals surface area contributed by atoms with Crippen LogP contribution in [0.25, 0.3) is 11.0 Å². The van der Waals surface area contributed by atoms with Crippen LogP contribution < -0.4 is 4.72 Å². The number of rotatable bonds is 12. The van der Waals surface area contributed by atoms with Gasteiger partial charge in [-0.15, -0.1) is 0 Å². The molecule has 2 heterocycles. The van der Waals surface area contributed by atoms with E-state index in [-0.39, 0.29) is 29.7 Å². The molecule has 0 saturated heterocycles. The minimum Gasteiger partial charge on any atom is -0.464 e. The molecule has 3 rings (SSSR count). The second-order valence-corrected chi connectivity index (χ2v) is 10.7. The largest absolute Gasteiger partial charge is 0.464 e. The smallest absolute Gasteiger partial charge is 0.241 e. The first-order valence-electron chi connectivity index (χ1n) is 12.1. The molecule has 2 amide bonds. The molecule has 0 unspecified atom stereocenters. The molecule has 194 valence electrons. The molecule has 0 bridgehead atoms. The third kappa shape index (κ3) is 6.92. The van der Waals surface area contributed by atoms with Crippen molar-refractivity contribution in [2.24, 2.45) is 5.92 Å². The van der Waals surface area contributed by atoms with Gasteiger partial charge in [0, 0.05) is 31.2 Å². The van der Waals surface area contributed by atoms with Crippen LogP contribution in [0.2, 0.25) is 0 Å². The Kier molecular flexibility index (Phi) is 9.22. The monoisotopic (exact) mass is 514 g/mol. The molecule has 1 N–H and O–H groups in total. The average molecular weight is 515 g/mol. The van der Waals surface area contributed by atoms with Crippen molar-refractivity contribution < 1.29 is 22.4 Å². The van der Waals surface area contributed by atoms with Gasteiger partial charge in [-0.1, -0.05) is 19.9 Å². The molecule has 0 radical (unpaired) electrons. The number of nitrogens with one attached hydrogen (secondary N) is 1. The highest BCUT2D eigenvalue weighted by atomic mass is 32.2. The Morgan fingerprint density at radius 2 is 1.81 bits per heavy atom. The van der Waals surface area contributed by atoms with Crippen LogP contribution in [0.5, 0.6) is 0 Å². The SMILES string of the molecule is CCN(CC)C(=O)[C@H](CC(=O)N(Cc1ccccn1)CC(C)C)NS(=O)(=O)c1ccc2occc2c1. The van der Waals surface area contributed by atoms with Gasteiger partial charge in [0.15, 0.2) is 0 Å². The lowest BCUT2D eigenvalue weighted by molar-refractivity contribution is -0.139. The van der Waals surface area contributed by atoms with Crippen molar-refractivity contribution in [2.75, 3.05) is 19.6 Å². The quantitative estimate of drug-likeness (QED) is 0.396. The molecule has 0 fully saturated rings. The highest BCUT2D eigenvalue weighted by molar-refractivity contribution is 7.89. The van der Waals surface area contributed by atoms with Gasteiger partial charge in [0.1, 0.15) is 11.6 Å². The Morgan fingerprint density at radius 3 is 2.44 bits per heavy atom. The summed E-state index contributed by atoms with van der Waals surface area (Å²) in [5.41, 5.74) is 1.27. The third-order valence-electron chi connectivity index (χ3n) is 5.80. The summed E-state index contributed by atoms with van der Waals surface area (Å²) >= 11 is 0. The summed E-state index contributed by atoms with van der Waals surface area (Å²) in [6, 6.07) is 10.3. The summed E-state index contributed by atoms with van der Waals surface area (Å²) in [6.45, 7) is 9.12. The third-order valence-corrected chi connectivity index (χ3v) is 7.27. The standard InChI is InChI=1S/C26H34N4O5S/c1-5-29(6-2)26(32)23(28-36(33,34)22-10-11-24-20(15-22)12-14-35-24)16-25(31)30(17-19(3)4)18-21-9-7-8-13-27-21/h7-15,19,23,28H,5-6,16-18H2,1-4H3/t23-/m0/s1. The van der Waals surface area contributed by atoms with Crippen LogP contribution in [-0.2, 0) is 26.2 Å². The lowest BCUT2D eigenvalue weighted by atomic mass is 10.1. The van der Waals surface area contributed by atoms with E-state index in [9.17, 15) is 18.0 Å². The minimum atomic E-state index is -4.10. The Balaban J connectivity index is 1.88. The van der Waals surface area contributed by atoms with Gasteiger partial charge in [-0.3, -0.25) is 14.6 Å². The fraction of sp³-hybridized carbons (Fsp3) is 0.423. The zero-order valence-electron chi connectivity index (χ0n) is 21.2. The van der Waals surface area contributed by atoms with E-state index in [2.05, 4.69) is 9.71 Å². The lowest BCUT2D eigenvalue weighted by Crippen LogP contribution is -2.51. The molecule has 0 aliphatic rings. The molecule has 0 saturated carbocycles. The number of carbonyl (C=O) groups is 2. The van der Waals surface area contributed by atoms with Crippen LogP contribution in [0.4, 0.5) is 0 Å². The van der Waals surface area contributed by atoms with Gasteiger partial charge in [0.25, 0.3) is 0 Å². The molecule has 9 nitrogen and oxygen atoms in total. The summed E-state index contributed by atoms with van der Waals surface area (Å²) in [6.07, 6.45) is 2.83. The highest BCUT2D eigenvalue weighted by Crippen LogP contribution is 2.21. The summed E-state index contributed by atoms with van der Waals surface area (Å²) < 4.78 is 34.4. The van der Waals surface area contributed by atoms with Crippen LogP contribution in [0.15, 0.2) is 64.2 Å². The Hall–Kier alpha value is -3.24. The zero-order chi connectivity index (χ0) is 26.3. The molecule has 2 aromatic heterocycles. The van der Waals surface area contributed by atoms with Gasteiger partial charge in [0.2, 0.25) is 21.8 Å². The summed E-state index contributed by atoms with van der Waals surface area (Å²) in [5.74, 6) is -0.593. The van der Waals surface area contributed by atoms with Gasteiger partial charge in [-0.25, -0.2) is 8.42 Å². The molecular weight excluding hydrogens is 480 g/mol. The first-order valence-corrected chi connectivity index (χ1v) is 13.6. The molecular formula is C26H34N4O5S. The summed E-state index contributed by atoms with van der Waals surface area (Å²) in [4.78, 5) is 34.2. The first-order chi connectivity index (χ1) is 17.1. The molecule has 0 aliphatic heterocycles. The Labute approximate surface area is 212 Å². The van der Waals surface area contributed by atoms with Gasteiger partial charge in [-0.2, -0.15) is 4.72 Å². The Morgan fingerprint density at radius 1 is 1.06 bits per heavy atom. The predicted octanol–water partition coefficient (Wildman–Crippen LogP) is 3.42. The number of amides is 2. The predicted molar refractivity (Wildman–Crippen MR) is 137 cm³/mol. The van der Waals surface area contributed by atoms with E-state index >= 15 is 0 Å². The zero-order valence-corrected chi connectivity index (χ0v) is 22.0. The van der Waals surface area contributed by atoms with Crippen molar-refractivity contribution >= 4 is 32.8 Å². The average Bonchev–Trinajstić information content (AvgIpc) is 3.32. The molecule has 0 aliphatic carbocycles. The summed E-state index contributed by atoms with van der Waals surface area (Å²) in [5, 5.41) is 0.624. The second kappa shape index (κ2) is 12.1. The van der Waals surface area contributed by atoms with Crippen molar-refractivity contribution in [3.05, 3.63) is 60.6 Å². The maximum atomic E-state index is 13.4. The number of carbonyl (C=O) groups excluding carboxylic acids is 2. The van der Waals surface area contributed by atoms with Crippen molar-refractivity contribution in [1.82, 2.24) is 19.5 Å². The number of nitrogens with zero attached hydrogens (tertiary/aromatic N) is 3. The molecule has 0 spiro atoms. The number of aromatic nitrogens is 1. The van der Waals surface area contributed by atoms with Gasteiger partial charge in [-0.05, 0) is 56.2 Å². The molecule has 10 heteroatoms. The molecule has 36 heavy (non-hydrogen) atoms. The van der Waals surface area contributed by atoms with E-state index in [1.54, 1.807) is 29.3 Å². The fourth-order valence-electron chi connectivity index (χ4n) is 3.99. The van der Waals surface area contributed by atoms with Crippen molar-refractivity contribution in [3.8, 4) is 0 Å². The maximum Gasteiger partial charge on any atom is 0.241 e. The van der Waals surface area contributed by atoms with E-state index in [0.29, 0.717) is 36.3 Å². The van der Waals surface area contributed by atoms with Crippen LogP contribution in [-0.4, -0.2) is 60.7 Å². The number of benzene rings is 1. The van der Waals surface area contributed by atoms with E-state index in [1.807, 2.05) is 39.8 Å². The van der Waals surface area contributed by atoms with E-state index in [0.717, 1.165) is 0 Å². The molecule has 1 atom stereocenters. The van der Waals surface area contributed by atoms with Crippen LogP contribution in [0.1, 0.15) is 39.8 Å². The van der Waals surface area contributed by atoms with Crippen molar-refractivity contribution in [2.45, 2.75) is 51.6 Å². The number of fused-ring (bicyclic) bond motifs is 1. The fourth-order valence-corrected chi connectivity index (χ4v) is 5.21. The normalized spacial score (nSPS) is 12.6. The van der Waals surface area contributed by atoms with Gasteiger partial charge >= 0.3 is 0 Å². The van der Waals surface area contributed by atoms with Gasteiger partial charge < -0.3 is 14.2 Å². The molecule has 1 aromatic carbocycles. The van der Waals surface area contributed by atoms with E-state index in [4.69, 9.17) is 4.42 Å². The number of hydrogen-bond donors (Lipinski definition) is 1. The number of hydrogen-bond acceptors (Lipinski definition) is 6. The minimum absolute atomic E-state index is 0.00582. The van der Waals surface area contributed by atoms with Crippen molar-refractivity contribution in [1.29, 1.82) is 0 Å². The lowest BCUT2D eigenvalue weighted by Gasteiger charge is -2.29. The van der Waals surface area contributed by atoms with Crippen molar-refractivity contribution in [3.63, 3.8) is 0 Å². The second-order valence-electron chi connectivity index (χ2n) is 9.00. The van der Waals surface area contributed by atoms with Crippen LogP contribution in [0, 0.1) is 5.92 Å². The highest BCUT2D eigenvalue weighted by Gasteiger charge is 2.32. The number of likely N-dealkylation sites (N-methyl/N-ethyl adjacent to an activating group) is 1. The topological polar surface area (TPSA) is 113 Å². The first kappa shape index (κ1) is 27.3. The number of pyridine rings is 1. The van der Waals surface area contributed by atoms with E-state index < -0.39 is 22.0 Å². The van der Waals surface area contributed by atoms with Crippen LogP contribution in [0.3, 0.4) is 0 Å². The Bertz CT molecular complexity index is 1270.